The number of dihydropyridines is 1. The van der Waals surface area contributed by atoms with E-state index >= 15 is 0 Å². The number of hydrogen-bond acceptors (Lipinski definition) is 8. The van der Waals surface area contributed by atoms with Crippen LogP contribution in [0.3, 0.4) is 0 Å². The third kappa shape index (κ3) is 6.81. The van der Waals surface area contributed by atoms with Gasteiger partial charge < -0.3 is 19.1 Å². The fourth-order valence-electron chi connectivity index (χ4n) is 4.40. The Bertz CT molecular complexity index is 1030. The standard InChI is InChI=1S/C25H37N2O7P/c1-8-11-16(3)33-35(31,34-17(4)12-9-2)24-19(6)26-18(5)22(25(28)32-7)23(24)20-13-10-14-21(15-20)27(29)30/h10,13-17,23,26H,8-9,11-12H2,1-7H3. The molecule has 1 aromatic rings. The van der Waals surface area contributed by atoms with E-state index in [1.165, 1.54) is 19.2 Å². The third-order valence-corrected chi connectivity index (χ3v) is 8.33. The Balaban J connectivity index is 2.80. The molecule has 2 rings (SSSR count). The number of rotatable bonds is 12. The average Bonchev–Trinajstić information content (AvgIpc) is 2.78. The minimum Gasteiger partial charge on any atom is -0.466 e. The number of carbonyl (C=O) groups excluding carboxylic acids is 1. The summed E-state index contributed by atoms with van der Waals surface area (Å²) in [5, 5.41) is 14.9. The molecule has 0 fully saturated rings. The number of methoxy groups -OCH3 is 1. The van der Waals surface area contributed by atoms with E-state index < -0.39 is 24.4 Å². The van der Waals surface area contributed by atoms with Crippen molar-refractivity contribution in [3.8, 4) is 0 Å². The van der Waals surface area contributed by atoms with Crippen molar-refractivity contribution in [3.63, 3.8) is 0 Å². The first-order valence-electron chi connectivity index (χ1n) is 12.0. The van der Waals surface area contributed by atoms with Crippen LogP contribution in [0.15, 0.2) is 46.5 Å². The molecule has 0 radical (unpaired) electrons. The van der Waals surface area contributed by atoms with Gasteiger partial charge in [-0.2, -0.15) is 0 Å². The van der Waals surface area contributed by atoms with Crippen molar-refractivity contribution in [2.24, 2.45) is 0 Å². The van der Waals surface area contributed by atoms with Gasteiger partial charge in [0.25, 0.3) is 5.69 Å². The highest BCUT2D eigenvalue weighted by Gasteiger charge is 2.46. The number of nitro groups is 1. The summed E-state index contributed by atoms with van der Waals surface area (Å²) in [5.41, 5.74) is 1.50. The van der Waals surface area contributed by atoms with Crippen LogP contribution in [-0.4, -0.2) is 30.2 Å². The third-order valence-electron chi connectivity index (χ3n) is 5.87. The number of nitrogens with one attached hydrogen (secondary N) is 1. The van der Waals surface area contributed by atoms with Gasteiger partial charge >= 0.3 is 13.6 Å². The molecule has 194 valence electrons. The summed E-state index contributed by atoms with van der Waals surface area (Å²) in [7, 11) is -2.73. The van der Waals surface area contributed by atoms with Crippen molar-refractivity contribution in [2.45, 2.75) is 85.4 Å². The van der Waals surface area contributed by atoms with Gasteiger partial charge in [0.1, 0.15) is 0 Å². The van der Waals surface area contributed by atoms with Crippen LogP contribution < -0.4 is 5.32 Å². The van der Waals surface area contributed by atoms with E-state index in [1.54, 1.807) is 26.0 Å². The van der Waals surface area contributed by atoms with Crippen LogP contribution in [0.5, 0.6) is 0 Å². The molecule has 0 amide bonds. The lowest BCUT2D eigenvalue weighted by atomic mass is 9.86. The van der Waals surface area contributed by atoms with Gasteiger partial charge in [-0.05, 0) is 46.1 Å². The number of benzene rings is 1. The first kappa shape index (κ1) is 28.8. The molecule has 3 atom stereocenters. The van der Waals surface area contributed by atoms with E-state index in [9.17, 15) is 19.5 Å². The van der Waals surface area contributed by atoms with E-state index in [-0.39, 0.29) is 28.8 Å². The summed E-state index contributed by atoms with van der Waals surface area (Å²) >= 11 is 0. The number of esters is 1. The highest BCUT2D eigenvalue weighted by atomic mass is 31.2. The predicted octanol–water partition coefficient (Wildman–Crippen LogP) is 6.56. The van der Waals surface area contributed by atoms with E-state index in [0.717, 1.165) is 12.8 Å². The lowest BCUT2D eigenvalue weighted by molar-refractivity contribution is -0.384. The Hall–Kier alpha value is -2.48. The molecule has 1 aliphatic rings. The first-order valence-corrected chi connectivity index (χ1v) is 13.5. The van der Waals surface area contributed by atoms with E-state index in [1.807, 2.05) is 27.7 Å². The van der Waals surface area contributed by atoms with Crippen LogP contribution >= 0.6 is 7.60 Å². The maximum absolute atomic E-state index is 14.7. The van der Waals surface area contributed by atoms with Gasteiger partial charge in [-0.15, -0.1) is 0 Å². The van der Waals surface area contributed by atoms with E-state index in [4.69, 9.17) is 13.8 Å². The lowest BCUT2D eigenvalue weighted by Gasteiger charge is -2.36. The Kier molecular flexibility index (Phi) is 10.2. The minimum atomic E-state index is -3.99. The van der Waals surface area contributed by atoms with Gasteiger partial charge in [0.2, 0.25) is 0 Å². The molecule has 0 saturated carbocycles. The summed E-state index contributed by atoms with van der Waals surface area (Å²) in [5.74, 6) is -1.55. The Morgan fingerprint density at radius 3 is 2.17 bits per heavy atom. The van der Waals surface area contributed by atoms with Crippen LogP contribution in [0.2, 0.25) is 0 Å². The van der Waals surface area contributed by atoms with Crippen molar-refractivity contribution in [1.29, 1.82) is 0 Å². The maximum Gasteiger partial charge on any atom is 0.360 e. The molecule has 0 spiro atoms. The molecule has 1 aliphatic heterocycles. The molecule has 0 aliphatic carbocycles. The zero-order chi connectivity index (χ0) is 26.3. The van der Waals surface area contributed by atoms with Crippen molar-refractivity contribution in [3.05, 3.63) is 62.2 Å². The molecule has 1 aromatic carbocycles. The summed E-state index contributed by atoms with van der Waals surface area (Å²) < 4.78 is 32.0. The Labute approximate surface area is 207 Å². The number of ether oxygens (including phenoxy) is 1. The minimum absolute atomic E-state index is 0.143. The smallest absolute Gasteiger partial charge is 0.360 e. The van der Waals surface area contributed by atoms with Gasteiger partial charge in [-0.25, -0.2) is 4.79 Å². The van der Waals surface area contributed by atoms with Crippen LogP contribution in [0.4, 0.5) is 5.69 Å². The largest absolute Gasteiger partial charge is 0.466 e. The molecule has 10 heteroatoms. The number of nitrogens with zero attached hydrogens (tertiary/aromatic N) is 1. The Morgan fingerprint density at radius 2 is 1.69 bits per heavy atom. The number of allylic oxidation sites excluding steroid dienone is 3. The zero-order valence-corrected chi connectivity index (χ0v) is 22.5. The first-order chi connectivity index (χ1) is 16.5. The fraction of sp³-hybridized carbons (Fsp3) is 0.560. The number of carbonyl (C=O) groups is 1. The number of non-ortho nitro benzene ring substituents is 1. The second-order valence-corrected chi connectivity index (χ2v) is 10.8. The summed E-state index contributed by atoms with van der Waals surface area (Å²) in [6, 6.07) is 5.96. The average molecular weight is 509 g/mol. The van der Waals surface area contributed by atoms with Gasteiger partial charge in [0, 0.05) is 23.5 Å². The van der Waals surface area contributed by atoms with E-state index in [0.29, 0.717) is 29.8 Å². The number of nitro benzene ring substituents is 1. The summed E-state index contributed by atoms with van der Waals surface area (Å²) in [6.45, 7) is 11.1. The molecule has 35 heavy (non-hydrogen) atoms. The van der Waals surface area contributed by atoms with Gasteiger partial charge in [0.15, 0.2) is 0 Å². The molecule has 0 bridgehead atoms. The van der Waals surface area contributed by atoms with E-state index in [2.05, 4.69) is 5.32 Å². The lowest BCUT2D eigenvalue weighted by Crippen LogP contribution is -2.30. The molecular weight excluding hydrogens is 471 g/mol. The quantitative estimate of drug-likeness (QED) is 0.146. The van der Waals surface area contributed by atoms with Crippen molar-refractivity contribution in [1.82, 2.24) is 5.32 Å². The second-order valence-electron chi connectivity index (χ2n) is 8.86. The van der Waals surface area contributed by atoms with Gasteiger partial charge in [-0.1, -0.05) is 38.8 Å². The van der Waals surface area contributed by atoms with Crippen LogP contribution in [0.25, 0.3) is 0 Å². The molecule has 0 aromatic heterocycles. The van der Waals surface area contributed by atoms with Gasteiger partial charge in [0.05, 0.1) is 41.0 Å². The van der Waals surface area contributed by atoms with Crippen molar-refractivity contribution >= 4 is 19.3 Å². The normalized spacial score (nSPS) is 19.6. The number of hydrogen-bond donors (Lipinski definition) is 1. The second kappa shape index (κ2) is 12.5. The Morgan fingerprint density at radius 1 is 1.11 bits per heavy atom. The van der Waals surface area contributed by atoms with Crippen LogP contribution in [0.1, 0.15) is 78.7 Å². The topological polar surface area (TPSA) is 117 Å². The summed E-state index contributed by atoms with van der Waals surface area (Å²) in [4.78, 5) is 24.0. The summed E-state index contributed by atoms with van der Waals surface area (Å²) in [6.07, 6.45) is 2.22. The molecular formula is C25H37N2O7P. The van der Waals surface area contributed by atoms with Gasteiger partial charge in [-0.3, -0.25) is 14.7 Å². The maximum atomic E-state index is 14.7. The van der Waals surface area contributed by atoms with Crippen LogP contribution in [0, 0.1) is 10.1 Å². The molecule has 9 nitrogen and oxygen atoms in total. The fourth-order valence-corrected chi connectivity index (χ4v) is 6.90. The molecule has 1 N–H and O–H groups in total. The SMILES string of the molecule is CCCC(C)OP(=O)(OC(C)CCC)C1=C(C)NC(C)=C(C(=O)OC)C1c1cccc([N+](=O)[O-])c1. The molecule has 3 unspecified atom stereocenters. The highest BCUT2D eigenvalue weighted by molar-refractivity contribution is 7.58. The van der Waals surface area contributed by atoms with Crippen molar-refractivity contribution in [2.75, 3.05) is 7.11 Å². The monoisotopic (exact) mass is 508 g/mol. The molecule has 0 saturated heterocycles. The predicted molar refractivity (Wildman–Crippen MR) is 135 cm³/mol. The van der Waals surface area contributed by atoms with Crippen LogP contribution in [-0.2, 0) is 23.1 Å². The zero-order valence-electron chi connectivity index (χ0n) is 21.6. The highest BCUT2D eigenvalue weighted by Crippen LogP contribution is 2.65. The molecule has 1 heterocycles. The van der Waals surface area contributed by atoms with Crippen molar-refractivity contribution < 1.29 is 28.1 Å².